The number of aliphatic hydroxyl groups is 2. The lowest BCUT2D eigenvalue weighted by Gasteiger charge is -2.19. The number of esters is 2. The molecule has 0 unspecified atom stereocenters. The molecule has 0 fully saturated rings. The SMILES string of the molecule is C=C(C)C(=O)OCCOC(=O)CCN(CCO)CCO. The van der Waals surface area contributed by atoms with Gasteiger partial charge in [0.25, 0.3) is 0 Å². The maximum Gasteiger partial charge on any atom is 0.333 e. The largest absolute Gasteiger partial charge is 0.462 e. The minimum absolute atomic E-state index is 0.00213. The molecule has 0 bridgehead atoms. The van der Waals surface area contributed by atoms with Crippen molar-refractivity contribution in [3.05, 3.63) is 12.2 Å². The van der Waals surface area contributed by atoms with Gasteiger partial charge in [-0.1, -0.05) is 6.58 Å². The molecule has 0 radical (unpaired) electrons. The standard InChI is InChI=1S/C13H23NO6/c1-11(2)13(18)20-10-9-19-12(17)3-4-14(5-7-15)6-8-16/h15-16H,1,3-10H2,2H3. The summed E-state index contributed by atoms with van der Waals surface area (Å²) < 4.78 is 9.65. The van der Waals surface area contributed by atoms with Gasteiger partial charge in [-0.2, -0.15) is 0 Å². The Morgan fingerprint density at radius 3 is 2.10 bits per heavy atom. The molecular weight excluding hydrogens is 266 g/mol. The number of hydrogen-bond donors (Lipinski definition) is 2. The van der Waals surface area contributed by atoms with E-state index >= 15 is 0 Å². The Morgan fingerprint density at radius 1 is 1.05 bits per heavy atom. The van der Waals surface area contributed by atoms with E-state index in [1.54, 1.807) is 4.90 Å². The van der Waals surface area contributed by atoms with E-state index in [0.29, 0.717) is 25.2 Å². The molecule has 7 heteroatoms. The van der Waals surface area contributed by atoms with Gasteiger partial charge >= 0.3 is 11.9 Å². The second-order valence-electron chi connectivity index (χ2n) is 4.18. The van der Waals surface area contributed by atoms with Crippen LogP contribution in [0.3, 0.4) is 0 Å². The van der Waals surface area contributed by atoms with Crippen molar-refractivity contribution in [1.82, 2.24) is 4.90 Å². The van der Waals surface area contributed by atoms with Crippen LogP contribution in [-0.4, -0.2) is 73.1 Å². The Kier molecular flexibility index (Phi) is 10.6. The second-order valence-corrected chi connectivity index (χ2v) is 4.18. The number of ether oxygens (including phenoxy) is 2. The molecule has 0 atom stereocenters. The van der Waals surface area contributed by atoms with E-state index < -0.39 is 11.9 Å². The van der Waals surface area contributed by atoms with Crippen molar-refractivity contribution in [2.75, 3.05) is 46.1 Å². The van der Waals surface area contributed by atoms with Gasteiger partial charge < -0.3 is 19.7 Å². The van der Waals surface area contributed by atoms with Crippen molar-refractivity contribution < 1.29 is 29.3 Å². The van der Waals surface area contributed by atoms with Crippen LogP contribution in [0.4, 0.5) is 0 Å². The van der Waals surface area contributed by atoms with Crippen LogP contribution in [0.2, 0.25) is 0 Å². The number of carbonyl (C=O) groups is 2. The van der Waals surface area contributed by atoms with Gasteiger partial charge in [-0.25, -0.2) is 4.79 Å². The third-order valence-corrected chi connectivity index (χ3v) is 2.39. The zero-order chi connectivity index (χ0) is 15.4. The maximum absolute atomic E-state index is 11.4. The van der Waals surface area contributed by atoms with Crippen molar-refractivity contribution in [2.24, 2.45) is 0 Å². The number of hydrogen-bond acceptors (Lipinski definition) is 7. The predicted molar refractivity (Wildman–Crippen MR) is 72.0 cm³/mol. The Hall–Kier alpha value is -1.44. The Balaban J connectivity index is 3.72. The third-order valence-electron chi connectivity index (χ3n) is 2.39. The molecule has 0 rings (SSSR count). The fraction of sp³-hybridized carbons (Fsp3) is 0.692. The van der Waals surface area contributed by atoms with Gasteiger partial charge in [-0.15, -0.1) is 0 Å². The normalized spacial score (nSPS) is 10.4. The summed E-state index contributed by atoms with van der Waals surface area (Å²) >= 11 is 0. The van der Waals surface area contributed by atoms with Gasteiger partial charge in [0.05, 0.1) is 19.6 Å². The van der Waals surface area contributed by atoms with Crippen LogP contribution in [0.1, 0.15) is 13.3 Å². The van der Waals surface area contributed by atoms with E-state index in [1.165, 1.54) is 6.92 Å². The lowest BCUT2D eigenvalue weighted by atomic mass is 10.3. The van der Waals surface area contributed by atoms with E-state index in [1.807, 2.05) is 0 Å². The van der Waals surface area contributed by atoms with Crippen LogP contribution >= 0.6 is 0 Å². The molecule has 7 nitrogen and oxygen atoms in total. The van der Waals surface area contributed by atoms with Gasteiger partial charge in [-0.05, 0) is 6.92 Å². The fourth-order valence-electron chi connectivity index (χ4n) is 1.35. The van der Waals surface area contributed by atoms with Gasteiger partial charge in [0.1, 0.15) is 13.2 Å². The van der Waals surface area contributed by atoms with E-state index in [9.17, 15) is 9.59 Å². The van der Waals surface area contributed by atoms with E-state index in [2.05, 4.69) is 6.58 Å². The Morgan fingerprint density at radius 2 is 1.60 bits per heavy atom. The van der Waals surface area contributed by atoms with Crippen molar-refractivity contribution in [1.29, 1.82) is 0 Å². The molecule has 0 aliphatic heterocycles. The molecule has 0 heterocycles. The van der Waals surface area contributed by atoms with Crippen LogP contribution in [0.5, 0.6) is 0 Å². The van der Waals surface area contributed by atoms with Gasteiger partial charge in [0.15, 0.2) is 0 Å². The molecule has 2 N–H and O–H groups in total. The smallest absolute Gasteiger partial charge is 0.333 e. The molecule has 0 saturated heterocycles. The van der Waals surface area contributed by atoms with Crippen molar-refractivity contribution >= 4 is 11.9 Å². The summed E-state index contributed by atoms with van der Waals surface area (Å²) in [7, 11) is 0. The minimum atomic E-state index is -0.516. The molecule has 0 aromatic carbocycles. The van der Waals surface area contributed by atoms with Crippen LogP contribution in [0, 0.1) is 0 Å². The first kappa shape index (κ1) is 18.6. The topological polar surface area (TPSA) is 96.3 Å². The second kappa shape index (κ2) is 11.4. The summed E-state index contributed by atoms with van der Waals surface area (Å²) in [5.41, 5.74) is 0.292. The molecule has 0 aliphatic rings. The zero-order valence-corrected chi connectivity index (χ0v) is 11.8. The summed E-state index contributed by atoms with van der Waals surface area (Å²) in [5, 5.41) is 17.6. The van der Waals surface area contributed by atoms with E-state index in [0.717, 1.165) is 0 Å². The highest BCUT2D eigenvalue weighted by Crippen LogP contribution is 1.95. The fourth-order valence-corrected chi connectivity index (χ4v) is 1.35. The molecule has 20 heavy (non-hydrogen) atoms. The summed E-state index contributed by atoms with van der Waals surface area (Å²) in [5.74, 6) is -0.935. The van der Waals surface area contributed by atoms with Crippen LogP contribution < -0.4 is 0 Å². The molecule has 116 valence electrons. The highest BCUT2D eigenvalue weighted by molar-refractivity contribution is 5.86. The number of aliphatic hydroxyl groups excluding tert-OH is 2. The quantitative estimate of drug-likeness (QED) is 0.296. The lowest BCUT2D eigenvalue weighted by Crippen LogP contribution is -2.32. The van der Waals surface area contributed by atoms with E-state index in [-0.39, 0.29) is 32.8 Å². The molecule has 0 saturated carbocycles. The molecule has 0 aromatic rings. The average Bonchev–Trinajstić information content (AvgIpc) is 2.41. The zero-order valence-electron chi connectivity index (χ0n) is 11.8. The average molecular weight is 289 g/mol. The monoisotopic (exact) mass is 289 g/mol. The molecule has 0 aromatic heterocycles. The Bertz CT molecular complexity index is 312. The maximum atomic E-state index is 11.4. The van der Waals surface area contributed by atoms with Crippen molar-refractivity contribution in [3.8, 4) is 0 Å². The lowest BCUT2D eigenvalue weighted by molar-refractivity contribution is -0.150. The minimum Gasteiger partial charge on any atom is -0.462 e. The molecule has 0 aliphatic carbocycles. The van der Waals surface area contributed by atoms with Gasteiger partial charge in [-0.3, -0.25) is 9.69 Å². The summed E-state index contributed by atoms with van der Waals surface area (Å²) in [4.78, 5) is 24.2. The van der Waals surface area contributed by atoms with E-state index in [4.69, 9.17) is 19.7 Å². The molecule has 0 spiro atoms. The first-order valence-electron chi connectivity index (χ1n) is 6.43. The van der Waals surface area contributed by atoms with Crippen molar-refractivity contribution in [3.63, 3.8) is 0 Å². The number of nitrogens with zero attached hydrogens (tertiary/aromatic N) is 1. The van der Waals surface area contributed by atoms with Gasteiger partial charge in [0.2, 0.25) is 0 Å². The summed E-state index contributed by atoms with van der Waals surface area (Å²) in [6.45, 7) is 6.06. The van der Waals surface area contributed by atoms with Crippen LogP contribution in [0.25, 0.3) is 0 Å². The Labute approximate surface area is 118 Å². The number of rotatable bonds is 11. The molecule has 0 amide bonds. The highest BCUT2D eigenvalue weighted by Gasteiger charge is 2.09. The van der Waals surface area contributed by atoms with Crippen molar-refractivity contribution in [2.45, 2.75) is 13.3 Å². The first-order chi connectivity index (χ1) is 9.51. The predicted octanol–water partition coefficient (Wildman–Crippen LogP) is -0.674. The number of carbonyl (C=O) groups excluding carboxylic acids is 2. The highest BCUT2D eigenvalue weighted by atomic mass is 16.6. The molecular formula is C13H23NO6. The third kappa shape index (κ3) is 9.48. The van der Waals surface area contributed by atoms with Crippen LogP contribution in [-0.2, 0) is 19.1 Å². The summed E-state index contributed by atoms with van der Waals surface area (Å²) in [6, 6.07) is 0. The first-order valence-corrected chi connectivity index (χ1v) is 6.43. The van der Waals surface area contributed by atoms with Gasteiger partial charge in [0, 0.05) is 25.2 Å². The summed E-state index contributed by atoms with van der Waals surface area (Å²) in [6.07, 6.45) is 0.147. The van der Waals surface area contributed by atoms with Crippen LogP contribution in [0.15, 0.2) is 12.2 Å².